The number of ketones is 1. The Morgan fingerprint density at radius 3 is 2.69 bits per heavy atom. The second-order valence-corrected chi connectivity index (χ2v) is 8.35. The third kappa shape index (κ3) is 3.89. The van der Waals surface area contributed by atoms with Gasteiger partial charge in [-0.3, -0.25) is 9.59 Å². The maximum Gasteiger partial charge on any atom is 0.243 e. The molecule has 0 bridgehead atoms. The van der Waals surface area contributed by atoms with Crippen molar-refractivity contribution in [3.8, 4) is 0 Å². The highest BCUT2D eigenvalue weighted by atomic mass is 35.5. The van der Waals surface area contributed by atoms with Gasteiger partial charge in [0.1, 0.15) is 11.8 Å². The number of para-hydroxylation sites is 2. The summed E-state index contributed by atoms with van der Waals surface area (Å²) >= 11 is 5.96. The number of halogens is 1. The van der Waals surface area contributed by atoms with Crippen molar-refractivity contribution in [2.45, 2.75) is 25.3 Å². The molecule has 0 unspecified atom stereocenters. The Morgan fingerprint density at radius 1 is 1.09 bits per heavy atom. The van der Waals surface area contributed by atoms with E-state index in [1.54, 1.807) is 36.6 Å². The summed E-state index contributed by atoms with van der Waals surface area (Å²) in [4.78, 5) is 28.2. The molecule has 3 aromatic rings. The van der Waals surface area contributed by atoms with Gasteiger partial charge >= 0.3 is 0 Å². The summed E-state index contributed by atoms with van der Waals surface area (Å²) in [5.41, 5.74) is 3.92. The number of anilines is 3. The zero-order valence-corrected chi connectivity index (χ0v) is 18.1. The number of furan rings is 1. The predicted octanol–water partition coefficient (Wildman–Crippen LogP) is 5.55. The molecule has 32 heavy (non-hydrogen) atoms. The number of nitrogens with one attached hydrogen (secondary N) is 2. The smallest absolute Gasteiger partial charge is 0.243 e. The van der Waals surface area contributed by atoms with Gasteiger partial charge in [0.2, 0.25) is 5.91 Å². The second kappa shape index (κ2) is 8.55. The van der Waals surface area contributed by atoms with Gasteiger partial charge in [-0.1, -0.05) is 23.7 Å². The van der Waals surface area contributed by atoms with E-state index in [2.05, 4.69) is 10.6 Å². The van der Waals surface area contributed by atoms with E-state index in [1.807, 2.05) is 35.2 Å². The van der Waals surface area contributed by atoms with Crippen LogP contribution in [0.4, 0.5) is 17.1 Å². The Morgan fingerprint density at radius 2 is 1.91 bits per heavy atom. The van der Waals surface area contributed by atoms with E-state index in [4.69, 9.17) is 16.0 Å². The van der Waals surface area contributed by atoms with Crippen LogP contribution in [0.3, 0.4) is 0 Å². The first-order valence-electron chi connectivity index (χ1n) is 10.6. The topological polar surface area (TPSA) is 74.6 Å². The number of Topliss-reactive ketones (excluding diaryl/α,β-unsaturated/α-hetero) is 1. The van der Waals surface area contributed by atoms with Gasteiger partial charge in [-0.25, -0.2) is 0 Å². The fourth-order valence-electron chi connectivity index (χ4n) is 4.41. The number of amides is 1. The van der Waals surface area contributed by atoms with Crippen LogP contribution in [0.25, 0.3) is 0 Å². The van der Waals surface area contributed by atoms with Crippen LogP contribution in [0.15, 0.2) is 82.6 Å². The third-order valence-corrected chi connectivity index (χ3v) is 6.05. The normalized spacial score (nSPS) is 17.8. The van der Waals surface area contributed by atoms with Crippen LogP contribution in [0.1, 0.15) is 31.1 Å². The minimum Gasteiger partial charge on any atom is -0.467 e. The Labute approximate surface area is 190 Å². The minimum atomic E-state index is -0.500. The molecule has 0 radical (unpaired) electrons. The van der Waals surface area contributed by atoms with Crippen LogP contribution < -0.4 is 15.5 Å². The molecule has 5 rings (SSSR count). The van der Waals surface area contributed by atoms with Gasteiger partial charge in [-0.2, -0.15) is 0 Å². The fraction of sp³-hybridized carbons (Fsp3) is 0.200. The van der Waals surface area contributed by atoms with Crippen molar-refractivity contribution >= 4 is 40.4 Å². The highest BCUT2D eigenvalue weighted by molar-refractivity contribution is 6.30. The van der Waals surface area contributed by atoms with Crippen LogP contribution in [0, 0.1) is 0 Å². The molecule has 6 nitrogen and oxygen atoms in total. The Hall–Kier alpha value is -3.51. The number of carbonyl (C=O) groups excluding carboxylic acids is 2. The quantitative estimate of drug-likeness (QED) is 0.548. The Bertz CT molecular complexity index is 1190. The van der Waals surface area contributed by atoms with E-state index in [1.165, 1.54) is 0 Å². The van der Waals surface area contributed by atoms with Gasteiger partial charge in [0.25, 0.3) is 0 Å². The summed E-state index contributed by atoms with van der Waals surface area (Å²) in [5, 5.41) is 7.00. The number of allylic oxidation sites excluding steroid dienone is 1. The van der Waals surface area contributed by atoms with Crippen molar-refractivity contribution in [1.82, 2.24) is 0 Å². The van der Waals surface area contributed by atoms with E-state index in [-0.39, 0.29) is 18.2 Å². The molecule has 2 aromatic carbocycles. The van der Waals surface area contributed by atoms with Gasteiger partial charge in [0.05, 0.1) is 24.2 Å². The summed E-state index contributed by atoms with van der Waals surface area (Å²) in [6.07, 6.45) is 3.66. The minimum absolute atomic E-state index is 0.0384. The standard InChI is InChI=1S/C25H22ClN3O3/c26-16-10-12-17(13-11-16)27-23(31)15-29-20-7-2-1-5-18(20)28-19-6-3-8-21(30)24(19)25(29)22-9-4-14-32-22/h1-2,4-5,7,9-14,25,28H,3,6,8,15H2,(H,27,31)/t25-/m0/s1. The van der Waals surface area contributed by atoms with E-state index < -0.39 is 6.04 Å². The van der Waals surface area contributed by atoms with Crippen LogP contribution >= 0.6 is 11.6 Å². The van der Waals surface area contributed by atoms with Crippen molar-refractivity contribution in [2.24, 2.45) is 0 Å². The molecule has 1 aliphatic heterocycles. The highest BCUT2D eigenvalue weighted by Gasteiger charge is 2.38. The zero-order chi connectivity index (χ0) is 22.1. The SMILES string of the molecule is O=C(CN1c2ccccc2NC2=C(C(=O)CCC2)[C@@H]1c1ccco1)Nc1ccc(Cl)cc1. The van der Waals surface area contributed by atoms with Crippen molar-refractivity contribution < 1.29 is 14.0 Å². The summed E-state index contributed by atoms with van der Waals surface area (Å²) < 4.78 is 5.78. The first kappa shape index (κ1) is 20.4. The average Bonchev–Trinajstić information content (AvgIpc) is 3.27. The summed E-state index contributed by atoms with van der Waals surface area (Å²) in [6.45, 7) is 0.0384. The van der Waals surface area contributed by atoms with E-state index in [9.17, 15) is 9.59 Å². The number of carbonyl (C=O) groups is 2. The molecule has 2 heterocycles. The lowest BCUT2D eigenvalue weighted by Gasteiger charge is -2.33. The molecule has 0 spiro atoms. The molecule has 1 atom stereocenters. The third-order valence-electron chi connectivity index (χ3n) is 5.79. The van der Waals surface area contributed by atoms with Crippen molar-refractivity contribution in [1.29, 1.82) is 0 Å². The molecular formula is C25H22ClN3O3. The first-order valence-corrected chi connectivity index (χ1v) is 11.0. The molecular weight excluding hydrogens is 426 g/mol. The first-order chi connectivity index (χ1) is 15.6. The lowest BCUT2D eigenvalue weighted by Crippen LogP contribution is -2.38. The van der Waals surface area contributed by atoms with Crippen molar-refractivity contribution in [3.05, 3.63) is 89.0 Å². The van der Waals surface area contributed by atoms with Crippen LogP contribution in [-0.4, -0.2) is 18.2 Å². The molecule has 0 saturated carbocycles. The Kier molecular flexibility index (Phi) is 5.45. The van der Waals surface area contributed by atoms with Gasteiger partial charge in [0.15, 0.2) is 5.78 Å². The van der Waals surface area contributed by atoms with Crippen LogP contribution in [-0.2, 0) is 9.59 Å². The van der Waals surface area contributed by atoms with E-state index in [0.717, 1.165) is 29.9 Å². The molecule has 0 fully saturated rings. The van der Waals surface area contributed by atoms with E-state index >= 15 is 0 Å². The van der Waals surface area contributed by atoms with Crippen molar-refractivity contribution in [3.63, 3.8) is 0 Å². The summed E-state index contributed by atoms with van der Waals surface area (Å²) in [7, 11) is 0. The fourth-order valence-corrected chi connectivity index (χ4v) is 4.53. The maximum absolute atomic E-state index is 13.1. The van der Waals surface area contributed by atoms with Crippen LogP contribution in [0.5, 0.6) is 0 Å². The monoisotopic (exact) mass is 447 g/mol. The second-order valence-electron chi connectivity index (χ2n) is 7.91. The molecule has 2 N–H and O–H groups in total. The number of benzene rings is 2. The lowest BCUT2D eigenvalue weighted by molar-refractivity contribution is -0.117. The number of rotatable bonds is 4. The lowest BCUT2D eigenvalue weighted by atomic mass is 9.88. The van der Waals surface area contributed by atoms with Crippen molar-refractivity contribution in [2.75, 3.05) is 22.1 Å². The van der Waals surface area contributed by atoms with Crippen LogP contribution in [0.2, 0.25) is 5.02 Å². The molecule has 7 heteroatoms. The maximum atomic E-state index is 13.1. The average molecular weight is 448 g/mol. The van der Waals surface area contributed by atoms with Gasteiger partial charge in [-0.05, 0) is 61.4 Å². The predicted molar refractivity (Wildman–Crippen MR) is 125 cm³/mol. The van der Waals surface area contributed by atoms with Gasteiger partial charge < -0.3 is 20.0 Å². The summed E-state index contributed by atoms with van der Waals surface area (Å²) in [5.74, 6) is 0.507. The van der Waals surface area contributed by atoms with Gasteiger partial charge in [-0.15, -0.1) is 0 Å². The number of fused-ring (bicyclic) bond motifs is 1. The molecule has 1 aliphatic carbocycles. The largest absolute Gasteiger partial charge is 0.467 e. The molecule has 0 saturated heterocycles. The summed E-state index contributed by atoms with van der Waals surface area (Å²) in [6, 6.07) is 17.9. The number of hydrogen-bond acceptors (Lipinski definition) is 5. The zero-order valence-electron chi connectivity index (χ0n) is 17.3. The van der Waals surface area contributed by atoms with Gasteiger partial charge in [0, 0.05) is 28.4 Å². The number of hydrogen-bond donors (Lipinski definition) is 2. The van der Waals surface area contributed by atoms with E-state index in [0.29, 0.717) is 28.5 Å². The molecule has 1 amide bonds. The molecule has 162 valence electrons. The Balaban J connectivity index is 1.57. The molecule has 1 aromatic heterocycles. The molecule has 2 aliphatic rings. The number of nitrogens with zero attached hydrogens (tertiary/aromatic N) is 1. The highest BCUT2D eigenvalue weighted by Crippen LogP contribution is 2.44.